The number of halogens is 2. The van der Waals surface area contributed by atoms with E-state index in [2.05, 4.69) is 25.6 Å². The van der Waals surface area contributed by atoms with Gasteiger partial charge in [0, 0.05) is 13.2 Å². The lowest BCUT2D eigenvalue weighted by atomic mass is 10.2. The fourth-order valence-electron chi connectivity index (χ4n) is 2.40. The van der Waals surface area contributed by atoms with Gasteiger partial charge in [0.05, 0.1) is 23.0 Å². The van der Waals surface area contributed by atoms with Crippen LogP contribution in [0.1, 0.15) is 28.9 Å². The average molecular weight is 404 g/mol. The molecule has 0 aliphatic rings. The molecule has 29 heavy (non-hydrogen) atoms. The summed E-state index contributed by atoms with van der Waals surface area (Å²) in [5, 5.41) is 19.0. The van der Waals surface area contributed by atoms with Crippen molar-refractivity contribution >= 4 is 17.9 Å². The molecule has 12 heteroatoms. The SMILES string of the molecule is C[C@@H](OC(=O)Nc1c(-c2ccc(C(=O)O)cn2)nnn1C)c1cc(F)cnc1F. The Kier molecular flexibility index (Phi) is 5.43. The molecule has 150 valence electrons. The van der Waals surface area contributed by atoms with Gasteiger partial charge in [-0.2, -0.15) is 4.39 Å². The van der Waals surface area contributed by atoms with E-state index in [0.717, 1.165) is 12.3 Å². The van der Waals surface area contributed by atoms with Gasteiger partial charge in [-0.1, -0.05) is 5.21 Å². The molecule has 0 saturated carbocycles. The summed E-state index contributed by atoms with van der Waals surface area (Å²) >= 11 is 0. The first-order valence-electron chi connectivity index (χ1n) is 8.14. The number of carbonyl (C=O) groups excluding carboxylic acids is 1. The summed E-state index contributed by atoms with van der Waals surface area (Å²) in [6.45, 7) is 1.35. The number of nitrogens with one attached hydrogen (secondary N) is 1. The zero-order valence-corrected chi connectivity index (χ0v) is 15.1. The summed E-state index contributed by atoms with van der Waals surface area (Å²) < 4.78 is 33.3. The van der Waals surface area contributed by atoms with Crippen LogP contribution in [-0.4, -0.2) is 42.1 Å². The van der Waals surface area contributed by atoms with Gasteiger partial charge in [0.2, 0.25) is 5.95 Å². The van der Waals surface area contributed by atoms with Crippen LogP contribution in [-0.2, 0) is 11.8 Å². The molecule has 0 aliphatic heterocycles. The maximum atomic E-state index is 13.7. The van der Waals surface area contributed by atoms with Gasteiger partial charge in [0.1, 0.15) is 11.9 Å². The number of hydrogen-bond donors (Lipinski definition) is 2. The van der Waals surface area contributed by atoms with E-state index in [1.807, 2.05) is 0 Å². The maximum Gasteiger partial charge on any atom is 0.413 e. The van der Waals surface area contributed by atoms with Crippen LogP contribution >= 0.6 is 0 Å². The van der Waals surface area contributed by atoms with E-state index in [1.54, 1.807) is 0 Å². The van der Waals surface area contributed by atoms with Crippen molar-refractivity contribution in [3.8, 4) is 11.4 Å². The van der Waals surface area contributed by atoms with Gasteiger partial charge in [-0.3, -0.25) is 10.3 Å². The van der Waals surface area contributed by atoms with Crippen molar-refractivity contribution < 1.29 is 28.2 Å². The second-order valence-electron chi connectivity index (χ2n) is 5.85. The summed E-state index contributed by atoms with van der Waals surface area (Å²) in [5.74, 6) is -2.77. The van der Waals surface area contributed by atoms with Crippen LogP contribution in [0.3, 0.4) is 0 Å². The molecular weight excluding hydrogens is 390 g/mol. The molecule has 0 fully saturated rings. The smallest absolute Gasteiger partial charge is 0.413 e. The summed E-state index contributed by atoms with van der Waals surface area (Å²) in [5.41, 5.74) is 0.167. The fraction of sp³-hybridized carbons (Fsp3) is 0.176. The molecule has 0 saturated heterocycles. The molecule has 3 aromatic rings. The molecule has 0 aromatic carbocycles. The number of anilines is 1. The molecule has 10 nitrogen and oxygen atoms in total. The van der Waals surface area contributed by atoms with Crippen molar-refractivity contribution in [3.05, 3.63) is 53.5 Å². The van der Waals surface area contributed by atoms with Crippen LogP contribution in [0, 0.1) is 11.8 Å². The number of amides is 1. The molecular formula is C17H14F2N6O4. The number of pyridine rings is 2. The van der Waals surface area contributed by atoms with Crippen LogP contribution in [0.5, 0.6) is 0 Å². The highest BCUT2D eigenvalue weighted by molar-refractivity contribution is 5.89. The Bertz CT molecular complexity index is 1070. The summed E-state index contributed by atoms with van der Waals surface area (Å²) in [7, 11) is 1.50. The number of aryl methyl sites for hydroxylation is 1. The predicted octanol–water partition coefficient (Wildman–Crippen LogP) is 2.56. The van der Waals surface area contributed by atoms with Gasteiger partial charge in [0.15, 0.2) is 11.5 Å². The van der Waals surface area contributed by atoms with Crippen LogP contribution < -0.4 is 5.32 Å². The van der Waals surface area contributed by atoms with E-state index >= 15 is 0 Å². The third-order valence-corrected chi connectivity index (χ3v) is 3.85. The molecule has 1 atom stereocenters. The number of aromatic nitrogens is 5. The molecule has 2 N–H and O–H groups in total. The molecule has 0 unspecified atom stereocenters. The number of aromatic carboxylic acids is 1. The van der Waals surface area contributed by atoms with Gasteiger partial charge < -0.3 is 9.84 Å². The average Bonchev–Trinajstić information content (AvgIpc) is 3.04. The van der Waals surface area contributed by atoms with Crippen LogP contribution in [0.25, 0.3) is 11.4 Å². The third kappa shape index (κ3) is 4.31. The van der Waals surface area contributed by atoms with Crippen molar-refractivity contribution in [2.45, 2.75) is 13.0 Å². The zero-order valence-electron chi connectivity index (χ0n) is 15.1. The van der Waals surface area contributed by atoms with Gasteiger partial charge >= 0.3 is 12.1 Å². The van der Waals surface area contributed by atoms with E-state index < -0.39 is 29.9 Å². The Morgan fingerprint density at radius 3 is 2.66 bits per heavy atom. The third-order valence-electron chi connectivity index (χ3n) is 3.85. The predicted molar refractivity (Wildman–Crippen MR) is 93.9 cm³/mol. The summed E-state index contributed by atoms with van der Waals surface area (Å²) in [6.07, 6.45) is -0.260. The molecule has 3 rings (SSSR count). The van der Waals surface area contributed by atoms with E-state index in [4.69, 9.17) is 9.84 Å². The zero-order chi connectivity index (χ0) is 21.1. The number of carbonyl (C=O) groups is 2. The Morgan fingerprint density at radius 1 is 1.24 bits per heavy atom. The summed E-state index contributed by atoms with van der Waals surface area (Å²) in [6, 6.07) is 3.61. The number of rotatable bonds is 5. The first kappa shape index (κ1) is 19.8. The molecule has 0 aliphatic carbocycles. The van der Waals surface area contributed by atoms with Gasteiger partial charge in [-0.05, 0) is 25.1 Å². The van der Waals surface area contributed by atoms with Gasteiger partial charge in [-0.25, -0.2) is 23.6 Å². The lowest BCUT2D eigenvalue weighted by molar-refractivity contribution is 0.0696. The van der Waals surface area contributed by atoms with E-state index in [-0.39, 0.29) is 28.3 Å². The Labute approximate surface area is 162 Å². The van der Waals surface area contributed by atoms with Crippen LogP contribution in [0.2, 0.25) is 0 Å². The molecule has 3 aromatic heterocycles. The Hall–Kier alpha value is -3.96. The lowest BCUT2D eigenvalue weighted by Crippen LogP contribution is -2.19. The topological polar surface area (TPSA) is 132 Å². The first-order chi connectivity index (χ1) is 13.8. The lowest BCUT2D eigenvalue weighted by Gasteiger charge is -2.15. The monoisotopic (exact) mass is 404 g/mol. The van der Waals surface area contributed by atoms with Crippen LogP contribution in [0.4, 0.5) is 19.4 Å². The summed E-state index contributed by atoms with van der Waals surface area (Å²) in [4.78, 5) is 30.4. The van der Waals surface area contributed by atoms with Crippen molar-refractivity contribution in [3.63, 3.8) is 0 Å². The van der Waals surface area contributed by atoms with Crippen molar-refractivity contribution in [2.24, 2.45) is 7.05 Å². The molecule has 1 amide bonds. The Balaban J connectivity index is 1.78. The normalized spacial score (nSPS) is 11.7. The highest BCUT2D eigenvalue weighted by Gasteiger charge is 2.21. The first-order valence-corrected chi connectivity index (χ1v) is 8.14. The number of carboxylic acids is 1. The number of nitrogens with zero attached hydrogens (tertiary/aromatic N) is 5. The van der Waals surface area contributed by atoms with Crippen molar-refractivity contribution in [1.82, 2.24) is 25.0 Å². The Morgan fingerprint density at radius 2 is 2.00 bits per heavy atom. The van der Waals surface area contributed by atoms with Gasteiger partial charge in [0.25, 0.3) is 0 Å². The second-order valence-corrected chi connectivity index (χ2v) is 5.85. The van der Waals surface area contributed by atoms with E-state index in [1.165, 1.54) is 30.8 Å². The second kappa shape index (κ2) is 7.96. The van der Waals surface area contributed by atoms with Gasteiger partial charge in [-0.15, -0.1) is 5.10 Å². The number of ether oxygens (including phenoxy) is 1. The molecule has 0 radical (unpaired) electrons. The molecule has 3 heterocycles. The minimum Gasteiger partial charge on any atom is -0.478 e. The highest BCUT2D eigenvalue weighted by Crippen LogP contribution is 2.25. The van der Waals surface area contributed by atoms with Crippen molar-refractivity contribution in [1.29, 1.82) is 0 Å². The molecule has 0 bridgehead atoms. The quantitative estimate of drug-likeness (QED) is 0.620. The van der Waals surface area contributed by atoms with Crippen molar-refractivity contribution in [2.75, 3.05) is 5.32 Å². The largest absolute Gasteiger partial charge is 0.478 e. The minimum absolute atomic E-state index is 0.0221. The number of hydrogen-bond acceptors (Lipinski definition) is 7. The van der Waals surface area contributed by atoms with E-state index in [9.17, 15) is 18.4 Å². The minimum atomic E-state index is -1.14. The standard InChI is InChI=1S/C17H14F2N6O4/c1-8(11-5-10(18)7-21-14(11)19)29-17(28)22-15-13(23-24-25(15)2)12-4-3-9(6-20-12)16(26)27/h3-8H,1-2H3,(H,22,28)(H,26,27)/t8-/m1/s1. The maximum absolute atomic E-state index is 13.7. The van der Waals surface area contributed by atoms with Crippen LogP contribution in [0.15, 0.2) is 30.6 Å². The fourth-order valence-corrected chi connectivity index (χ4v) is 2.40. The number of carboxylic acid groups (broad SMARTS) is 1. The highest BCUT2D eigenvalue weighted by atomic mass is 19.1. The molecule has 0 spiro atoms. The van der Waals surface area contributed by atoms with E-state index in [0.29, 0.717) is 6.20 Å².